The van der Waals surface area contributed by atoms with Crippen LogP contribution < -0.4 is 21.3 Å². The number of hydrogen-bond donors (Lipinski definition) is 4. The molecule has 6 fully saturated rings. The summed E-state index contributed by atoms with van der Waals surface area (Å²) in [5.41, 5.74) is -1.63. The fourth-order valence-corrected chi connectivity index (χ4v) is 17.0. The van der Waals surface area contributed by atoms with E-state index in [4.69, 9.17) is 11.6 Å². The van der Waals surface area contributed by atoms with Crippen LogP contribution in [0.3, 0.4) is 0 Å². The lowest BCUT2D eigenvalue weighted by Crippen LogP contribution is -2.65. The maximum Gasteiger partial charge on any atom is 0.393 e. The molecule has 0 aromatic rings. The molecule has 0 bridgehead atoms. The van der Waals surface area contributed by atoms with E-state index in [1.165, 1.54) is 61.9 Å². The number of nitrogens with zero attached hydrogens (tertiary/aromatic N) is 8. The number of likely N-dealkylation sites (N-methyl/N-ethyl adjacent to an activating group) is 6. The molecule has 0 aromatic heterocycles. The molecule has 4 N–H and O–H groups in total. The summed E-state index contributed by atoms with van der Waals surface area (Å²) >= 11 is 6.38. The lowest BCUT2D eigenvalue weighted by atomic mass is 9.78. The van der Waals surface area contributed by atoms with Gasteiger partial charge in [0.25, 0.3) is 0 Å². The van der Waals surface area contributed by atoms with Crippen LogP contribution in [0.2, 0.25) is 0 Å². The molecule has 3 unspecified atom stereocenters. The second-order valence-corrected chi connectivity index (χ2v) is 32.8. The maximum absolute atomic E-state index is 15.4. The quantitative estimate of drug-likeness (QED) is 0.202. The Morgan fingerprint density at radius 3 is 1.80 bits per heavy atom. The fourth-order valence-electron chi connectivity index (χ4n) is 15.3. The van der Waals surface area contributed by atoms with E-state index in [0.29, 0.717) is 32.1 Å². The Kier molecular flexibility index (Phi) is 29.9. The van der Waals surface area contributed by atoms with Crippen LogP contribution in [0.25, 0.3) is 0 Å². The predicted octanol–water partition coefficient (Wildman–Crippen LogP) is 3.85. The van der Waals surface area contributed by atoms with Gasteiger partial charge in [0.1, 0.15) is 47.8 Å². The van der Waals surface area contributed by atoms with E-state index in [1.807, 2.05) is 13.8 Å². The summed E-state index contributed by atoms with van der Waals surface area (Å²) in [6.07, 6.45) is 1.56. The number of sulfone groups is 1. The molecule has 3 heterocycles. The van der Waals surface area contributed by atoms with Crippen LogP contribution in [0, 0.1) is 35.5 Å². The second kappa shape index (κ2) is 36.2. The highest BCUT2D eigenvalue weighted by Gasteiger charge is 2.51. The Labute approximate surface area is 593 Å². The molecular weight excluding hydrogens is 1350 g/mol. The Morgan fingerprint density at radius 2 is 1.21 bits per heavy atom. The Morgan fingerprint density at radius 1 is 0.610 bits per heavy atom. The van der Waals surface area contributed by atoms with Gasteiger partial charge < -0.3 is 60.5 Å². The van der Waals surface area contributed by atoms with E-state index in [-0.39, 0.29) is 102 Å². The summed E-state index contributed by atoms with van der Waals surface area (Å²) in [5, 5.41) is 10.2. The average molecular weight is 1460 g/mol. The first-order valence-electron chi connectivity index (χ1n) is 36.1. The fraction of sp³-hybridized carbons (Fsp3) is 0.826. The van der Waals surface area contributed by atoms with Crippen molar-refractivity contribution in [3.8, 4) is 0 Å². The van der Waals surface area contributed by atoms with E-state index in [9.17, 15) is 59.9 Å². The lowest BCUT2D eigenvalue weighted by molar-refractivity contribution is -0.182. The molecule has 31 heteroatoms. The van der Waals surface area contributed by atoms with Gasteiger partial charge in [-0.1, -0.05) is 99.3 Å². The van der Waals surface area contributed by atoms with Gasteiger partial charge in [-0.3, -0.25) is 57.5 Å². The Balaban J connectivity index is 1.41. The van der Waals surface area contributed by atoms with Gasteiger partial charge in [-0.05, 0) is 100 Å². The number of alkyl halides is 4. The molecule has 3 aliphatic heterocycles. The zero-order valence-corrected chi connectivity index (χ0v) is 62.4. The van der Waals surface area contributed by atoms with Crippen molar-refractivity contribution in [3.63, 3.8) is 0 Å². The summed E-state index contributed by atoms with van der Waals surface area (Å²) in [5.74, 6) is -12.9. The molecule has 0 aromatic carbocycles. The van der Waals surface area contributed by atoms with Crippen LogP contribution in [0.5, 0.6) is 0 Å². The normalized spacial score (nSPS) is 29.8. The van der Waals surface area contributed by atoms with Gasteiger partial charge in [-0.2, -0.15) is 13.2 Å². The van der Waals surface area contributed by atoms with E-state index in [0.717, 1.165) is 51.7 Å². The number of carbonyl (C=O) groups excluding carboxylic acids is 12. The number of hydrogen-bond acceptors (Lipinski definition) is 14. The number of fused-ring (bicyclic) bond motifs is 1. The summed E-state index contributed by atoms with van der Waals surface area (Å²) in [4.78, 5) is 187. The van der Waals surface area contributed by atoms with Crippen molar-refractivity contribution >= 4 is 92.3 Å². The van der Waals surface area contributed by atoms with Crippen LogP contribution >= 0.6 is 11.6 Å². The monoisotopic (exact) mass is 1460 g/mol. The van der Waals surface area contributed by atoms with Crippen LogP contribution in [0.1, 0.15) is 176 Å². The maximum atomic E-state index is 15.4. The molecule has 6 aliphatic rings. The predicted molar refractivity (Wildman–Crippen MR) is 368 cm³/mol. The molecule has 566 valence electrons. The first kappa shape index (κ1) is 82.6. The van der Waals surface area contributed by atoms with Gasteiger partial charge >= 0.3 is 6.18 Å². The molecule has 3 aliphatic carbocycles. The lowest BCUT2D eigenvalue weighted by Gasteiger charge is -2.40. The molecule has 1 spiro atoms. The van der Waals surface area contributed by atoms with Gasteiger partial charge in [-0.15, -0.1) is 11.6 Å². The zero-order valence-electron chi connectivity index (χ0n) is 60.8. The number of nitrogens with one attached hydrogen (secondary N) is 4. The summed E-state index contributed by atoms with van der Waals surface area (Å²) in [7, 11) is 4.73. The zero-order chi connectivity index (χ0) is 74.5. The topological polar surface area (TPSA) is 313 Å². The van der Waals surface area contributed by atoms with Gasteiger partial charge in [0.05, 0.1) is 43.5 Å². The minimum Gasteiger partial charge on any atom is -0.343 e. The van der Waals surface area contributed by atoms with Crippen molar-refractivity contribution < 1.29 is 79.1 Å². The first-order valence-corrected chi connectivity index (χ1v) is 38.4. The van der Waals surface area contributed by atoms with Gasteiger partial charge in [0, 0.05) is 67.3 Å². The van der Waals surface area contributed by atoms with Crippen molar-refractivity contribution in [2.45, 2.75) is 236 Å². The highest BCUT2D eigenvalue weighted by Crippen LogP contribution is 2.44. The van der Waals surface area contributed by atoms with Crippen LogP contribution in [-0.4, -0.2) is 271 Å². The number of halogens is 4. The molecule has 6 rings (SSSR count). The van der Waals surface area contributed by atoms with Gasteiger partial charge in [0.15, 0.2) is 9.84 Å². The third kappa shape index (κ3) is 21.4. The van der Waals surface area contributed by atoms with Gasteiger partial charge in [-0.25, -0.2) is 8.42 Å². The molecule has 0 radical (unpaired) electrons. The average Bonchev–Trinajstić information content (AvgIpc) is 1.51. The molecule has 12 atom stereocenters. The third-order valence-corrected chi connectivity index (χ3v) is 24.2. The molecule has 3 saturated heterocycles. The minimum atomic E-state index is -4.52. The van der Waals surface area contributed by atoms with Gasteiger partial charge in [0.2, 0.25) is 70.9 Å². The Hall–Kier alpha value is -6.33. The standard InChI is InChI=1S/C69H112ClF3N12O14S/c1-13-43(5)58-66(96)80(9)40-56(88)78(7)41-57(89)82(11)53(37-45-21-16-15-17-22-45)65(95)79(8)39-54(86)74-49(27-25-46-24-26-47(48(70)36-46)69(71,72)73)64(94)85-30-20-23-51(85)61(91)77-68(28-18-19-29-68)67(97)83(12)59(44(6)14-2)62(92)75-50(63(93)84-31-33-100(98,99)34-32-84)38-55(87)81(10)52(35-42(3)4)60(90)76-58/h42-53,58-59H,13-41H2,1-12H3,(H,74,86)(H,75,92)(H,76,90)(H,77,91)/t43-,44-,46?,47?,48?,49-,50-,51-,52-,53-,58-,59-/m0/s1. The van der Waals surface area contributed by atoms with Crippen molar-refractivity contribution in [3.05, 3.63) is 0 Å². The van der Waals surface area contributed by atoms with Crippen LogP contribution in [-0.2, 0) is 67.4 Å². The summed E-state index contributed by atoms with van der Waals surface area (Å²) < 4.78 is 67.2. The SMILES string of the molecule is CC[C@H](C)[C@@H]1NC(=O)[C@H](CC(C)C)N(C)C(=O)C[C@@H](C(=O)N2CCS(=O)(=O)CC2)NC(=O)[C@H]([C@@H](C)CC)N(C)C(=O)C2(CCCC2)NC(=O)[C@@H]2CCCN2C(=O)[C@H](CCC2CCC(C(F)(F)F)C(Cl)C2)NC(=O)CN(C)C(=O)[C@H](CC2CCCCC2)N(C)C(=O)CN(C)C(=O)CN(C)C1=O. The second-order valence-electron chi connectivity index (χ2n) is 29.9. The van der Waals surface area contributed by atoms with Crippen molar-refractivity contribution in [2.75, 3.05) is 93.1 Å². The summed E-state index contributed by atoms with van der Waals surface area (Å²) in [6, 6.07) is -9.24. The summed E-state index contributed by atoms with van der Waals surface area (Å²) in [6.45, 7) is 8.45. The minimum absolute atomic E-state index is 0.0153. The van der Waals surface area contributed by atoms with Crippen LogP contribution in [0.15, 0.2) is 0 Å². The number of amides is 12. The highest BCUT2D eigenvalue weighted by molar-refractivity contribution is 7.91. The first-order chi connectivity index (χ1) is 46.8. The van der Waals surface area contributed by atoms with E-state index in [1.54, 1.807) is 27.7 Å². The van der Waals surface area contributed by atoms with Crippen LogP contribution in [0.4, 0.5) is 13.2 Å². The van der Waals surface area contributed by atoms with E-state index < -0.39 is 195 Å². The van der Waals surface area contributed by atoms with Crippen molar-refractivity contribution in [2.24, 2.45) is 35.5 Å². The third-order valence-electron chi connectivity index (χ3n) is 22.1. The van der Waals surface area contributed by atoms with E-state index in [2.05, 4.69) is 21.3 Å². The van der Waals surface area contributed by atoms with E-state index >= 15 is 19.2 Å². The molecule has 100 heavy (non-hydrogen) atoms. The Bertz CT molecular complexity index is 3050. The molecule has 3 saturated carbocycles. The smallest absolute Gasteiger partial charge is 0.343 e. The molecular formula is C69H112ClF3N12O14S. The molecule has 26 nitrogen and oxygen atoms in total. The number of carbonyl (C=O) groups is 12. The highest BCUT2D eigenvalue weighted by atomic mass is 35.5. The van der Waals surface area contributed by atoms with Crippen molar-refractivity contribution in [1.82, 2.24) is 60.5 Å². The largest absolute Gasteiger partial charge is 0.393 e. The molecule has 12 amide bonds. The van der Waals surface area contributed by atoms with Crippen molar-refractivity contribution in [1.29, 1.82) is 0 Å². The number of rotatable bonds is 12.